The fourth-order valence-corrected chi connectivity index (χ4v) is 2.43. The highest BCUT2D eigenvalue weighted by atomic mass is 16.2. The number of nitrogens with zero attached hydrogens (tertiary/aromatic N) is 1. The minimum atomic E-state index is 0.257. The van der Waals surface area contributed by atoms with Gasteiger partial charge in [0.15, 0.2) is 0 Å². The molecule has 3 nitrogen and oxygen atoms in total. The van der Waals surface area contributed by atoms with Crippen molar-refractivity contribution in [3.05, 3.63) is 0 Å². The van der Waals surface area contributed by atoms with Crippen molar-refractivity contribution in [1.82, 2.24) is 10.2 Å². The van der Waals surface area contributed by atoms with Crippen molar-refractivity contribution in [3.8, 4) is 0 Å². The van der Waals surface area contributed by atoms with Crippen LogP contribution in [0.1, 0.15) is 20.3 Å². The van der Waals surface area contributed by atoms with Crippen LogP contribution in [0.2, 0.25) is 0 Å². The standard InChI is InChI=1S/C11H20N2O/c1-8-6-13(7-9(8)2)11(14)10-3-4-12-5-10/h8-10,12H,3-7H2,1-2H3. The zero-order valence-corrected chi connectivity index (χ0v) is 9.12. The van der Waals surface area contributed by atoms with Gasteiger partial charge in [0.2, 0.25) is 5.91 Å². The highest BCUT2D eigenvalue weighted by molar-refractivity contribution is 5.79. The smallest absolute Gasteiger partial charge is 0.227 e. The van der Waals surface area contributed by atoms with Crippen LogP contribution in [0.4, 0.5) is 0 Å². The first kappa shape index (κ1) is 9.97. The summed E-state index contributed by atoms with van der Waals surface area (Å²) in [7, 11) is 0. The molecule has 14 heavy (non-hydrogen) atoms. The van der Waals surface area contributed by atoms with Gasteiger partial charge in [-0.1, -0.05) is 13.8 Å². The molecule has 0 saturated carbocycles. The SMILES string of the molecule is CC1CN(C(=O)C2CCNC2)CC1C. The van der Waals surface area contributed by atoms with Crippen LogP contribution in [0.5, 0.6) is 0 Å². The summed E-state index contributed by atoms with van der Waals surface area (Å²) < 4.78 is 0. The van der Waals surface area contributed by atoms with Crippen LogP contribution in [-0.2, 0) is 4.79 Å². The predicted octanol–water partition coefficient (Wildman–Crippen LogP) is 0.710. The van der Waals surface area contributed by atoms with Gasteiger partial charge in [0.25, 0.3) is 0 Å². The molecular formula is C11H20N2O. The summed E-state index contributed by atoms with van der Waals surface area (Å²) in [5.41, 5.74) is 0. The number of likely N-dealkylation sites (tertiary alicyclic amines) is 1. The highest BCUT2D eigenvalue weighted by Crippen LogP contribution is 2.24. The Morgan fingerprint density at radius 1 is 1.29 bits per heavy atom. The first-order valence-electron chi connectivity index (χ1n) is 5.68. The van der Waals surface area contributed by atoms with Crippen LogP contribution < -0.4 is 5.32 Å². The van der Waals surface area contributed by atoms with Crippen molar-refractivity contribution in [3.63, 3.8) is 0 Å². The zero-order chi connectivity index (χ0) is 10.1. The van der Waals surface area contributed by atoms with E-state index >= 15 is 0 Å². The Balaban J connectivity index is 1.92. The van der Waals surface area contributed by atoms with Crippen LogP contribution in [0.3, 0.4) is 0 Å². The number of carbonyl (C=O) groups excluding carboxylic acids is 1. The molecule has 80 valence electrons. The summed E-state index contributed by atoms with van der Waals surface area (Å²) in [4.78, 5) is 14.1. The Kier molecular flexibility index (Phi) is 2.77. The molecule has 2 aliphatic heterocycles. The van der Waals surface area contributed by atoms with Crippen molar-refractivity contribution in [2.45, 2.75) is 20.3 Å². The molecule has 0 spiro atoms. The average Bonchev–Trinajstić information content (AvgIpc) is 2.76. The normalized spacial score (nSPS) is 37.9. The maximum Gasteiger partial charge on any atom is 0.227 e. The van der Waals surface area contributed by atoms with Crippen LogP contribution >= 0.6 is 0 Å². The van der Waals surface area contributed by atoms with Crippen LogP contribution in [0.15, 0.2) is 0 Å². The second-order valence-corrected chi connectivity index (χ2v) is 4.89. The van der Waals surface area contributed by atoms with Gasteiger partial charge in [0.1, 0.15) is 0 Å². The van der Waals surface area contributed by atoms with Crippen LogP contribution in [0, 0.1) is 17.8 Å². The molecule has 3 unspecified atom stereocenters. The third kappa shape index (κ3) is 1.78. The maximum absolute atomic E-state index is 12.0. The second-order valence-electron chi connectivity index (χ2n) is 4.89. The molecule has 0 aliphatic carbocycles. The Morgan fingerprint density at radius 3 is 2.43 bits per heavy atom. The summed E-state index contributed by atoms with van der Waals surface area (Å²) in [5, 5.41) is 3.25. The summed E-state index contributed by atoms with van der Waals surface area (Å²) in [6.45, 7) is 8.32. The Morgan fingerprint density at radius 2 is 1.93 bits per heavy atom. The van der Waals surface area contributed by atoms with Gasteiger partial charge in [-0.3, -0.25) is 4.79 Å². The number of amides is 1. The molecule has 3 atom stereocenters. The summed E-state index contributed by atoms with van der Waals surface area (Å²) in [5.74, 6) is 1.99. The molecule has 2 heterocycles. The van der Waals surface area contributed by atoms with Crippen molar-refractivity contribution < 1.29 is 4.79 Å². The highest BCUT2D eigenvalue weighted by Gasteiger charge is 2.33. The number of hydrogen-bond donors (Lipinski definition) is 1. The van der Waals surface area contributed by atoms with Crippen LogP contribution in [0.25, 0.3) is 0 Å². The molecule has 0 aromatic rings. The lowest BCUT2D eigenvalue weighted by Gasteiger charge is -2.19. The average molecular weight is 196 g/mol. The molecular weight excluding hydrogens is 176 g/mol. The van der Waals surface area contributed by atoms with E-state index in [1.807, 2.05) is 0 Å². The topological polar surface area (TPSA) is 32.3 Å². The molecule has 0 radical (unpaired) electrons. The van der Waals surface area contributed by atoms with Crippen molar-refractivity contribution >= 4 is 5.91 Å². The largest absolute Gasteiger partial charge is 0.342 e. The predicted molar refractivity (Wildman–Crippen MR) is 55.9 cm³/mol. The molecule has 0 aromatic heterocycles. The van der Waals surface area contributed by atoms with Gasteiger partial charge in [-0.25, -0.2) is 0 Å². The van der Waals surface area contributed by atoms with Gasteiger partial charge in [-0.05, 0) is 24.8 Å². The number of hydrogen-bond acceptors (Lipinski definition) is 2. The van der Waals surface area contributed by atoms with E-state index in [-0.39, 0.29) is 5.92 Å². The second kappa shape index (κ2) is 3.89. The van der Waals surface area contributed by atoms with E-state index in [2.05, 4.69) is 24.1 Å². The summed E-state index contributed by atoms with van der Waals surface area (Å²) in [6, 6.07) is 0. The monoisotopic (exact) mass is 196 g/mol. The Bertz CT molecular complexity index is 213. The fourth-order valence-electron chi connectivity index (χ4n) is 2.43. The molecule has 2 rings (SSSR count). The third-order valence-corrected chi connectivity index (χ3v) is 3.71. The van der Waals surface area contributed by atoms with Crippen molar-refractivity contribution in [2.75, 3.05) is 26.2 Å². The summed E-state index contributed by atoms with van der Waals surface area (Å²) in [6.07, 6.45) is 1.03. The van der Waals surface area contributed by atoms with E-state index in [0.717, 1.165) is 32.6 Å². The fraction of sp³-hybridized carbons (Fsp3) is 0.909. The van der Waals surface area contributed by atoms with Gasteiger partial charge < -0.3 is 10.2 Å². The van der Waals surface area contributed by atoms with Crippen LogP contribution in [-0.4, -0.2) is 37.0 Å². The minimum absolute atomic E-state index is 0.257. The lowest BCUT2D eigenvalue weighted by molar-refractivity contribution is -0.134. The molecule has 2 fully saturated rings. The maximum atomic E-state index is 12.0. The number of nitrogens with one attached hydrogen (secondary N) is 1. The van der Waals surface area contributed by atoms with E-state index in [9.17, 15) is 4.79 Å². The van der Waals surface area contributed by atoms with Gasteiger partial charge in [-0.15, -0.1) is 0 Å². The lowest BCUT2D eigenvalue weighted by atomic mass is 10.0. The molecule has 1 amide bonds. The summed E-state index contributed by atoms with van der Waals surface area (Å²) >= 11 is 0. The zero-order valence-electron chi connectivity index (χ0n) is 9.12. The number of carbonyl (C=O) groups is 1. The van der Waals surface area contributed by atoms with Crippen molar-refractivity contribution in [2.24, 2.45) is 17.8 Å². The lowest BCUT2D eigenvalue weighted by Crippen LogP contribution is -2.35. The Labute approximate surface area is 85.8 Å². The van der Waals surface area contributed by atoms with Gasteiger partial charge in [-0.2, -0.15) is 0 Å². The molecule has 3 heteroatoms. The van der Waals surface area contributed by atoms with E-state index < -0.39 is 0 Å². The van der Waals surface area contributed by atoms with E-state index in [0.29, 0.717) is 17.7 Å². The molecule has 1 N–H and O–H groups in total. The molecule has 0 aromatic carbocycles. The van der Waals surface area contributed by atoms with E-state index in [4.69, 9.17) is 0 Å². The molecule has 0 bridgehead atoms. The Hall–Kier alpha value is -0.570. The third-order valence-electron chi connectivity index (χ3n) is 3.71. The first-order valence-corrected chi connectivity index (χ1v) is 5.68. The molecule has 2 saturated heterocycles. The van der Waals surface area contributed by atoms with E-state index in [1.165, 1.54) is 0 Å². The van der Waals surface area contributed by atoms with E-state index in [1.54, 1.807) is 0 Å². The van der Waals surface area contributed by atoms with Crippen molar-refractivity contribution in [1.29, 1.82) is 0 Å². The van der Waals surface area contributed by atoms with Gasteiger partial charge >= 0.3 is 0 Å². The van der Waals surface area contributed by atoms with Gasteiger partial charge in [0, 0.05) is 19.6 Å². The number of rotatable bonds is 1. The quantitative estimate of drug-likeness (QED) is 0.670. The molecule has 2 aliphatic rings. The minimum Gasteiger partial charge on any atom is -0.342 e. The van der Waals surface area contributed by atoms with Gasteiger partial charge in [0.05, 0.1) is 5.92 Å². The first-order chi connectivity index (χ1) is 6.68.